The van der Waals surface area contributed by atoms with Crippen molar-refractivity contribution in [3.05, 3.63) is 65.7 Å². The second-order valence-electron chi connectivity index (χ2n) is 4.33. The number of hydrogen-bond acceptors (Lipinski definition) is 3. The van der Waals surface area contributed by atoms with Gasteiger partial charge in [-0.2, -0.15) is 5.11 Å². The van der Waals surface area contributed by atoms with Crippen LogP contribution in [-0.4, -0.2) is 5.11 Å². The van der Waals surface area contributed by atoms with Crippen molar-refractivity contribution >= 4 is 33.7 Å². The molecule has 3 nitrogen and oxygen atoms in total. The van der Waals surface area contributed by atoms with Crippen LogP contribution in [0, 0.1) is 0 Å². The number of fused-ring (bicyclic) bond motifs is 1. The number of halogens is 1. The van der Waals surface area contributed by atoms with Gasteiger partial charge in [-0.25, -0.2) is 0 Å². The quantitative estimate of drug-likeness (QED) is 0.610. The molecule has 0 saturated heterocycles. The van der Waals surface area contributed by atoms with E-state index in [-0.39, 0.29) is 5.75 Å². The lowest BCUT2D eigenvalue weighted by molar-refractivity contribution is 0.482. The third-order valence-electron chi connectivity index (χ3n) is 2.98. The Morgan fingerprint density at radius 3 is 2.35 bits per heavy atom. The van der Waals surface area contributed by atoms with Crippen LogP contribution >= 0.6 is 11.6 Å². The minimum Gasteiger partial charge on any atom is -0.505 e. The van der Waals surface area contributed by atoms with Gasteiger partial charge in [-0.1, -0.05) is 41.9 Å². The first-order chi connectivity index (χ1) is 9.74. The van der Waals surface area contributed by atoms with E-state index in [1.165, 1.54) is 0 Å². The van der Waals surface area contributed by atoms with E-state index < -0.39 is 0 Å². The molecule has 0 heterocycles. The van der Waals surface area contributed by atoms with Gasteiger partial charge in [-0.15, -0.1) is 5.11 Å². The summed E-state index contributed by atoms with van der Waals surface area (Å²) in [5.41, 5.74) is 1.13. The fourth-order valence-electron chi connectivity index (χ4n) is 1.94. The summed E-state index contributed by atoms with van der Waals surface area (Å²) in [6.45, 7) is 0. The molecule has 0 aliphatic heterocycles. The van der Waals surface area contributed by atoms with Crippen molar-refractivity contribution in [2.24, 2.45) is 10.2 Å². The summed E-state index contributed by atoms with van der Waals surface area (Å²) in [7, 11) is 0. The monoisotopic (exact) mass is 282 g/mol. The van der Waals surface area contributed by atoms with Gasteiger partial charge in [0.05, 0.1) is 5.69 Å². The van der Waals surface area contributed by atoms with Gasteiger partial charge in [0.1, 0.15) is 5.69 Å². The fourth-order valence-corrected chi connectivity index (χ4v) is 2.07. The van der Waals surface area contributed by atoms with Crippen molar-refractivity contribution in [3.8, 4) is 5.75 Å². The highest BCUT2D eigenvalue weighted by Gasteiger charge is 2.04. The number of benzene rings is 3. The summed E-state index contributed by atoms with van der Waals surface area (Å²) in [4.78, 5) is 0. The fraction of sp³-hybridized carbons (Fsp3) is 0. The average Bonchev–Trinajstić information content (AvgIpc) is 2.49. The second kappa shape index (κ2) is 5.31. The van der Waals surface area contributed by atoms with Crippen LogP contribution in [-0.2, 0) is 0 Å². The molecule has 3 aromatic carbocycles. The van der Waals surface area contributed by atoms with Crippen molar-refractivity contribution in [1.82, 2.24) is 0 Å². The van der Waals surface area contributed by atoms with Crippen LogP contribution in [0.4, 0.5) is 11.4 Å². The molecule has 3 rings (SSSR count). The number of aromatic hydroxyl groups is 1. The zero-order valence-electron chi connectivity index (χ0n) is 10.5. The number of rotatable bonds is 2. The molecule has 4 heteroatoms. The highest BCUT2D eigenvalue weighted by Crippen LogP contribution is 2.35. The van der Waals surface area contributed by atoms with Crippen LogP contribution in [0.1, 0.15) is 0 Å². The summed E-state index contributed by atoms with van der Waals surface area (Å²) in [5, 5.41) is 20.8. The number of hydrogen-bond donors (Lipinski definition) is 1. The standard InChI is InChI=1S/C16H11ClN2O/c17-12-6-8-13(9-7-12)18-19-15-10-5-11-3-1-2-4-14(11)16(15)20/h1-10,20H. The Morgan fingerprint density at radius 2 is 1.55 bits per heavy atom. The lowest BCUT2D eigenvalue weighted by atomic mass is 10.1. The highest BCUT2D eigenvalue weighted by molar-refractivity contribution is 6.30. The number of nitrogens with zero attached hydrogens (tertiary/aromatic N) is 2. The first kappa shape index (κ1) is 12.6. The Hall–Kier alpha value is -2.39. The predicted octanol–water partition coefficient (Wildman–Crippen LogP) is 5.61. The Bertz CT molecular complexity index is 782. The maximum Gasteiger partial charge on any atom is 0.150 e. The SMILES string of the molecule is Oc1c(N=Nc2ccc(Cl)cc2)ccc2ccccc12. The predicted molar refractivity (Wildman–Crippen MR) is 81.2 cm³/mol. The van der Waals surface area contributed by atoms with Crippen LogP contribution in [0.15, 0.2) is 70.9 Å². The molecule has 0 aliphatic rings. The van der Waals surface area contributed by atoms with Crippen molar-refractivity contribution in [2.75, 3.05) is 0 Å². The maximum atomic E-state index is 10.2. The molecule has 0 amide bonds. The first-order valence-electron chi connectivity index (χ1n) is 6.12. The van der Waals surface area contributed by atoms with Crippen molar-refractivity contribution in [3.63, 3.8) is 0 Å². The van der Waals surface area contributed by atoms with Gasteiger partial charge in [0.25, 0.3) is 0 Å². The van der Waals surface area contributed by atoms with Crippen LogP contribution in [0.2, 0.25) is 5.02 Å². The Morgan fingerprint density at radius 1 is 0.800 bits per heavy atom. The third-order valence-corrected chi connectivity index (χ3v) is 3.23. The lowest BCUT2D eigenvalue weighted by Crippen LogP contribution is -1.74. The van der Waals surface area contributed by atoms with E-state index in [1.54, 1.807) is 30.3 Å². The Kier molecular flexibility index (Phi) is 3.35. The molecule has 3 aromatic rings. The molecule has 0 aliphatic carbocycles. The molecule has 0 radical (unpaired) electrons. The molecular weight excluding hydrogens is 272 g/mol. The summed E-state index contributed by atoms with van der Waals surface area (Å²) in [5.74, 6) is 0.140. The van der Waals surface area contributed by atoms with Gasteiger partial charge < -0.3 is 5.11 Å². The third kappa shape index (κ3) is 2.49. The van der Waals surface area contributed by atoms with Crippen molar-refractivity contribution in [2.45, 2.75) is 0 Å². The summed E-state index contributed by atoms with van der Waals surface area (Å²) < 4.78 is 0. The van der Waals surface area contributed by atoms with E-state index in [4.69, 9.17) is 11.6 Å². The molecule has 20 heavy (non-hydrogen) atoms. The summed E-state index contributed by atoms with van der Waals surface area (Å²) in [6.07, 6.45) is 0. The van der Waals surface area contributed by atoms with E-state index >= 15 is 0 Å². The largest absolute Gasteiger partial charge is 0.505 e. The van der Waals surface area contributed by atoms with E-state index in [2.05, 4.69) is 10.2 Å². The highest BCUT2D eigenvalue weighted by atomic mass is 35.5. The van der Waals surface area contributed by atoms with Crippen LogP contribution < -0.4 is 0 Å². The van der Waals surface area contributed by atoms with Crippen molar-refractivity contribution in [1.29, 1.82) is 0 Å². The zero-order chi connectivity index (χ0) is 13.9. The van der Waals surface area contributed by atoms with Gasteiger partial charge in [0.2, 0.25) is 0 Å². The van der Waals surface area contributed by atoms with E-state index in [0.717, 1.165) is 10.8 Å². The summed E-state index contributed by atoms with van der Waals surface area (Å²) >= 11 is 5.81. The Labute approximate surface area is 121 Å². The maximum absolute atomic E-state index is 10.2. The minimum atomic E-state index is 0.140. The van der Waals surface area contributed by atoms with E-state index in [0.29, 0.717) is 16.4 Å². The number of phenolic OH excluding ortho intramolecular Hbond substituents is 1. The lowest BCUT2D eigenvalue weighted by Gasteiger charge is -2.03. The molecule has 0 fully saturated rings. The molecule has 1 N–H and O–H groups in total. The molecule has 98 valence electrons. The molecule has 0 spiro atoms. The molecule has 0 aromatic heterocycles. The molecule has 0 saturated carbocycles. The molecule has 0 unspecified atom stereocenters. The smallest absolute Gasteiger partial charge is 0.150 e. The van der Waals surface area contributed by atoms with E-state index in [9.17, 15) is 5.11 Å². The molecule has 0 atom stereocenters. The average molecular weight is 283 g/mol. The van der Waals surface area contributed by atoms with Gasteiger partial charge in [-0.05, 0) is 35.7 Å². The van der Waals surface area contributed by atoms with Gasteiger partial charge in [-0.3, -0.25) is 0 Å². The number of phenols is 1. The molecule has 0 bridgehead atoms. The second-order valence-corrected chi connectivity index (χ2v) is 4.77. The van der Waals surface area contributed by atoms with Gasteiger partial charge >= 0.3 is 0 Å². The zero-order valence-corrected chi connectivity index (χ0v) is 11.2. The number of azo groups is 1. The first-order valence-corrected chi connectivity index (χ1v) is 6.50. The minimum absolute atomic E-state index is 0.140. The van der Waals surface area contributed by atoms with Gasteiger partial charge in [0.15, 0.2) is 5.75 Å². The topological polar surface area (TPSA) is 45.0 Å². The molecular formula is C16H11ClN2O. The summed E-state index contributed by atoms with van der Waals surface area (Å²) in [6, 6.07) is 18.3. The Balaban J connectivity index is 1.98. The normalized spacial score (nSPS) is 11.2. The van der Waals surface area contributed by atoms with E-state index in [1.807, 2.05) is 30.3 Å². The van der Waals surface area contributed by atoms with Crippen molar-refractivity contribution < 1.29 is 5.11 Å². The van der Waals surface area contributed by atoms with Crippen LogP contribution in [0.3, 0.4) is 0 Å². The van der Waals surface area contributed by atoms with Crippen LogP contribution in [0.25, 0.3) is 10.8 Å². The van der Waals surface area contributed by atoms with Gasteiger partial charge in [0, 0.05) is 10.4 Å². The van der Waals surface area contributed by atoms with Crippen LogP contribution in [0.5, 0.6) is 5.75 Å².